The van der Waals surface area contributed by atoms with Gasteiger partial charge in [-0.05, 0) is 50.7 Å². The predicted molar refractivity (Wildman–Crippen MR) is 73.9 cm³/mol. The second-order valence-corrected chi connectivity index (χ2v) is 5.74. The van der Waals surface area contributed by atoms with Crippen LogP contribution in [0.4, 0.5) is 0 Å². The van der Waals surface area contributed by atoms with Crippen molar-refractivity contribution in [3.63, 3.8) is 0 Å². The number of carbonyl (C=O) groups excluding carboxylic acids is 1. The van der Waals surface area contributed by atoms with E-state index in [0.29, 0.717) is 11.6 Å². The molecule has 1 aliphatic carbocycles. The molecule has 1 fully saturated rings. The largest absolute Gasteiger partial charge is 0.394 e. The summed E-state index contributed by atoms with van der Waals surface area (Å²) in [6.45, 7) is 4.07. The molecule has 4 heteroatoms. The van der Waals surface area contributed by atoms with Gasteiger partial charge in [0.05, 0.1) is 12.1 Å². The molecule has 1 aromatic heterocycles. The van der Waals surface area contributed by atoms with Crippen LogP contribution in [0.3, 0.4) is 0 Å². The standard InChI is InChI=1S/C15H22N2O2/c1-11-6-8-15(10-18,9-7-11)17-14(19)13-5-3-4-12(2)16-13/h3-5,11,18H,6-10H2,1-2H3,(H,17,19). The van der Waals surface area contributed by atoms with Gasteiger partial charge < -0.3 is 10.4 Å². The van der Waals surface area contributed by atoms with Crippen LogP contribution in [-0.2, 0) is 0 Å². The molecule has 4 nitrogen and oxygen atoms in total. The third kappa shape index (κ3) is 3.32. The van der Waals surface area contributed by atoms with Crippen molar-refractivity contribution in [3.8, 4) is 0 Å². The lowest BCUT2D eigenvalue weighted by Crippen LogP contribution is -2.53. The Hall–Kier alpha value is -1.42. The fourth-order valence-electron chi connectivity index (χ4n) is 2.61. The van der Waals surface area contributed by atoms with Crippen LogP contribution in [0.2, 0.25) is 0 Å². The Morgan fingerprint density at radius 2 is 2.16 bits per heavy atom. The summed E-state index contributed by atoms with van der Waals surface area (Å²) in [5.41, 5.74) is 0.782. The van der Waals surface area contributed by atoms with Gasteiger partial charge in [0.25, 0.3) is 5.91 Å². The molecule has 104 valence electrons. The summed E-state index contributed by atoms with van der Waals surface area (Å²) in [7, 11) is 0. The van der Waals surface area contributed by atoms with Crippen LogP contribution in [0.5, 0.6) is 0 Å². The zero-order valence-corrected chi connectivity index (χ0v) is 11.6. The third-order valence-electron chi connectivity index (χ3n) is 4.03. The van der Waals surface area contributed by atoms with Gasteiger partial charge in [0, 0.05) is 5.69 Å². The molecule has 0 bridgehead atoms. The van der Waals surface area contributed by atoms with Gasteiger partial charge in [-0.15, -0.1) is 0 Å². The molecule has 2 N–H and O–H groups in total. The molecule has 0 unspecified atom stereocenters. The van der Waals surface area contributed by atoms with Crippen LogP contribution in [0.15, 0.2) is 18.2 Å². The molecule has 2 rings (SSSR count). The molecular formula is C15H22N2O2. The van der Waals surface area contributed by atoms with E-state index in [4.69, 9.17) is 0 Å². The highest BCUT2D eigenvalue weighted by molar-refractivity contribution is 5.92. The molecule has 0 spiro atoms. The van der Waals surface area contributed by atoms with Crippen LogP contribution < -0.4 is 5.32 Å². The second kappa shape index (κ2) is 5.70. The quantitative estimate of drug-likeness (QED) is 0.876. The molecule has 0 aromatic carbocycles. The number of carbonyl (C=O) groups is 1. The third-order valence-corrected chi connectivity index (χ3v) is 4.03. The highest BCUT2D eigenvalue weighted by Crippen LogP contribution is 2.31. The summed E-state index contributed by atoms with van der Waals surface area (Å²) < 4.78 is 0. The molecule has 19 heavy (non-hydrogen) atoms. The van der Waals surface area contributed by atoms with E-state index >= 15 is 0 Å². The number of aromatic nitrogens is 1. The van der Waals surface area contributed by atoms with Crippen LogP contribution in [-0.4, -0.2) is 28.1 Å². The average Bonchev–Trinajstić information content (AvgIpc) is 2.42. The van der Waals surface area contributed by atoms with E-state index in [0.717, 1.165) is 31.4 Å². The van der Waals surface area contributed by atoms with Crippen molar-refractivity contribution < 1.29 is 9.90 Å². The normalized spacial score (nSPS) is 27.0. The number of pyridine rings is 1. The van der Waals surface area contributed by atoms with Crippen LogP contribution in [0.1, 0.15) is 48.8 Å². The van der Waals surface area contributed by atoms with Crippen molar-refractivity contribution in [3.05, 3.63) is 29.6 Å². The zero-order valence-electron chi connectivity index (χ0n) is 11.6. The topological polar surface area (TPSA) is 62.2 Å². The van der Waals surface area contributed by atoms with E-state index in [2.05, 4.69) is 17.2 Å². The maximum atomic E-state index is 12.2. The first-order valence-corrected chi connectivity index (χ1v) is 6.92. The minimum Gasteiger partial charge on any atom is -0.394 e. The number of hydrogen-bond acceptors (Lipinski definition) is 3. The van der Waals surface area contributed by atoms with Gasteiger partial charge in [-0.25, -0.2) is 4.98 Å². The Labute approximate surface area is 114 Å². The van der Waals surface area contributed by atoms with Gasteiger partial charge in [0.2, 0.25) is 0 Å². The molecule has 1 aromatic rings. The molecule has 0 saturated heterocycles. The van der Waals surface area contributed by atoms with E-state index in [1.54, 1.807) is 6.07 Å². The van der Waals surface area contributed by atoms with Crippen molar-refractivity contribution in [1.82, 2.24) is 10.3 Å². The Morgan fingerprint density at radius 1 is 1.47 bits per heavy atom. The monoisotopic (exact) mass is 262 g/mol. The highest BCUT2D eigenvalue weighted by Gasteiger charge is 2.35. The van der Waals surface area contributed by atoms with Gasteiger partial charge in [-0.1, -0.05) is 13.0 Å². The number of hydrogen-bond donors (Lipinski definition) is 2. The number of amides is 1. The minimum absolute atomic E-state index is 0.00270. The van der Waals surface area contributed by atoms with Gasteiger partial charge in [-0.2, -0.15) is 0 Å². The van der Waals surface area contributed by atoms with Crippen molar-refractivity contribution in [2.24, 2.45) is 5.92 Å². The first kappa shape index (κ1) is 14.0. The number of rotatable bonds is 3. The number of nitrogens with zero attached hydrogens (tertiary/aromatic N) is 1. The predicted octanol–water partition coefficient (Wildman–Crippen LogP) is 2.06. The summed E-state index contributed by atoms with van der Waals surface area (Å²) in [4.78, 5) is 16.5. The summed E-state index contributed by atoms with van der Waals surface area (Å²) in [6, 6.07) is 5.39. The van der Waals surface area contributed by atoms with Crippen molar-refractivity contribution >= 4 is 5.91 Å². The molecular weight excluding hydrogens is 240 g/mol. The van der Waals surface area contributed by atoms with E-state index in [9.17, 15) is 9.90 Å². The smallest absolute Gasteiger partial charge is 0.270 e. The fourth-order valence-corrected chi connectivity index (χ4v) is 2.61. The average molecular weight is 262 g/mol. The minimum atomic E-state index is -0.463. The van der Waals surface area contributed by atoms with E-state index in [1.807, 2.05) is 19.1 Å². The molecule has 1 aliphatic rings. The number of aliphatic hydroxyl groups is 1. The van der Waals surface area contributed by atoms with Crippen molar-refractivity contribution in [1.29, 1.82) is 0 Å². The number of aliphatic hydroxyl groups excluding tert-OH is 1. The Morgan fingerprint density at radius 3 is 2.74 bits per heavy atom. The molecule has 0 aliphatic heterocycles. The molecule has 1 amide bonds. The van der Waals surface area contributed by atoms with Gasteiger partial charge in [-0.3, -0.25) is 4.79 Å². The van der Waals surface area contributed by atoms with E-state index in [1.165, 1.54) is 0 Å². The molecule has 1 heterocycles. The number of nitrogens with one attached hydrogen (secondary N) is 1. The maximum absolute atomic E-state index is 12.2. The van der Waals surface area contributed by atoms with Crippen molar-refractivity contribution in [2.75, 3.05) is 6.61 Å². The maximum Gasteiger partial charge on any atom is 0.270 e. The highest BCUT2D eigenvalue weighted by atomic mass is 16.3. The Balaban J connectivity index is 2.08. The lowest BCUT2D eigenvalue weighted by molar-refractivity contribution is 0.0712. The van der Waals surface area contributed by atoms with Gasteiger partial charge >= 0.3 is 0 Å². The summed E-state index contributed by atoms with van der Waals surface area (Å²) in [5, 5.41) is 12.6. The van der Waals surface area contributed by atoms with Crippen LogP contribution in [0.25, 0.3) is 0 Å². The second-order valence-electron chi connectivity index (χ2n) is 5.74. The molecule has 1 saturated carbocycles. The van der Waals surface area contributed by atoms with E-state index in [-0.39, 0.29) is 12.5 Å². The van der Waals surface area contributed by atoms with Gasteiger partial charge in [0.1, 0.15) is 5.69 Å². The first-order chi connectivity index (χ1) is 9.04. The summed E-state index contributed by atoms with van der Waals surface area (Å²) in [5.74, 6) is 0.487. The van der Waals surface area contributed by atoms with Crippen LogP contribution >= 0.6 is 0 Å². The lowest BCUT2D eigenvalue weighted by Gasteiger charge is -2.38. The SMILES string of the molecule is Cc1cccc(C(=O)NC2(CO)CCC(C)CC2)n1. The Kier molecular flexibility index (Phi) is 4.20. The first-order valence-electron chi connectivity index (χ1n) is 6.92. The zero-order chi connectivity index (χ0) is 13.9. The fraction of sp³-hybridized carbons (Fsp3) is 0.600. The van der Waals surface area contributed by atoms with Gasteiger partial charge in [0.15, 0.2) is 0 Å². The molecule has 0 atom stereocenters. The lowest BCUT2D eigenvalue weighted by atomic mass is 9.77. The summed E-state index contributed by atoms with van der Waals surface area (Å²) in [6.07, 6.45) is 3.76. The Bertz CT molecular complexity index is 451. The summed E-state index contributed by atoms with van der Waals surface area (Å²) >= 11 is 0. The number of aryl methyl sites for hydroxylation is 1. The molecule has 0 radical (unpaired) electrons. The van der Waals surface area contributed by atoms with Crippen molar-refractivity contribution in [2.45, 2.75) is 45.1 Å². The van der Waals surface area contributed by atoms with Crippen LogP contribution in [0, 0.1) is 12.8 Å². The van der Waals surface area contributed by atoms with E-state index < -0.39 is 5.54 Å².